The highest BCUT2D eigenvalue weighted by atomic mass is 32.1. The highest BCUT2D eigenvalue weighted by molar-refractivity contribution is 7.09. The molecule has 1 saturated heterocycles. The average molecular weight is 374 g/mol. The second-order valence-electron chi connectivity index (χ2n) is 6.62. The molecule has 1 aromatic heterocycles. The molecule has 1 aromatic carbocycles. The molecule has 0 amide bonds. The van der Waals surface area contributed by atoms with E-state index in [1.54, 1.807) is 11.3 Å². The zero-order valence-corrected chi connectivity index (χ0v) is 16.2. The molecule has 26 heavy (non-hydrogen) atoms. The summed E-state index contributed by atoms with van der Waals surface area (Å²) in [6.45, 7) is 5.78. The third-order valence-electron chi connectivity index (χ3n) is 4.77. The number of piperidine rings is 1. The number of esters is 1. The van der Waals surface area contributed by atoms with Crippen molar-refractivity contribution in [3.8, 4) is 5.75 Å². The fraction of sp³-hybridized carbons (Fsp3) is 0.476. The minimum atomic E-state index is -0.0361. The molecule has 1 aliphatic heterocycles. The molecule has 0 aliphatic carbocycles. The number of rotatable bonds is 8. The quantitative estimate of drug-likeness (QED) is 0.656. The predicted molar refractivity (Wildman–Crippen MR) is 105 cm³/mol. The van der Waals surface area contributed by atoms with E-state index < -0.39 is 0 Å². The van der Waals surface area contributed by atoms with Crippen molar-refractivity contribution in [1.29, 1.82) is 0 Å². The smallest absolute Gasteiger partial charge is 0.309 e. The molecule has 1 fully saturated rings. The highest BCUT2D eigenvalue weighted by Gasteiger charge is 2.25. The van der Waals surface area contributed by atoms with Gasteiger partial charge in [0.05, 0.1) is 12.5 Å². The number of benzene rings is 1. The standard InChI is InChI=1S/C21H27NO3S/c1-2-24-21(23)18-9-11-22(12-10-18)13-14-25-19-7-5-17(6-8-19)16-20-4-3-15-26-20/h3-8,15,18H,2,9-14,16H2,1H3. The second kappa shape index (κ2) is 9.74. The molecule has 4 nitrogen and oxygen atoms in total. The molecular formula is C21H27NO3S. The normalized spacial score (nSPS) is 15.7. The van der Waals surface area contributed by atoms with Crippen LogP contribution in [-0.2, 0) is 16.0 Å². The van der Waals surface area contributed by atoms with Gasteiger partial charge in [0.2, 0.25) is 0 Å². The van der Waals surface area contributed by atoms with E-state index >= 15 is 0 Å². The molecule has 0 atom stereocenters. The molecule has 0 unspecified atom stereocenters. The average Bonchev–Trinajstić information content (AvgIpc) is 3.17. The number of likely N-dealkylation sites (tertiary alicyclic amines) is 1. The minimum Gasteiger partial charge on any atom is -0.492 e. The molecule has 0 N–H and O–H groups in total. The Kier molecular flexibility index (Phi) is 7.09. The fourth-order valence-electron chi connectivity index (χ4n) is 3.26. The second-order valence-corrected chi connectivity index (χ2v) is 7.65. The van der Waals surface area contributed by atoms with Crippen LogP contribution in [0.2, 0.25) is 0 Å². The van der Waals surface area contributed by atoms with Gasteiger partial charge in [-0.25, -0.2) is 0 Å². The van der Waals surface area contributed by atoms with Crippen LogP contribution in [0, 0.1) is 5.92 Å². The number of carbonyl (C=O) groups is 1. The van der Waals surface area contributed by atoms with E-state index in [0.29, 0.717) is 13.2 Å². The predicted octanol–water partition coefficient (Wildman–Crippen LogP) is 3.99. The number of hydrogen-bond acceptors (Lipinski definition) is 5. The van der Waals surface area contributed by atoms with Crippen molar-refractivity contribution in [3.63, 3.8) is 0 Å². The number of nitrogens with zero attached hydrogens (tertiary/aromatic N) is 1. The van der Waals surface area contributed by atoms with Crippen molar-refractivity contribution in [2.45, 2.75) is 26.2 Å². The maximum atomic E-state index is 11.8. The highest BCUT2D eigenvalue weighted by Crippen LogP contribution is 2.20. The summed E-state index contributed by atoms with van der Waals surface area (Å²) in [7, 11) is 0. The Morgan fingerprint density at radius 1 is 1.19 bits per heavy atom. The molecule has 2 aromatic rings. The SMILES string of the molecule is CCOC(=O)C1CCN(CCOc2ccc(Cc3cccs3)cc2)CC1. The van der Waals surface area contributed by atoms with Crippen molar-refractivity contribution in [1.82, 2.24) is 4.90 Å². The molecule has 140 valence electrons. The topological polar surface area (TPSA) is 38.8 Å². The Hall–Kier alpha value is -1.85. The van der Waals surface area contributed by atoms with Gasteiger partial charge in [0.1, 0.15) is 12.4 Å². The lowest BCUT2D eigenvalue weighted by molar-refractivity contribution is -0.149. The van der Waals surface area contributed by atoms with Crippen LogP contribution in [0.3, 0.4) is 0 Å². The van der Waals surface area contributed by atoms with Gasteiger partial charge in [-0.1, -0.05) is 18.2 Å². The first-order valence-electron chi connectivity index (χ1n) is 9.37. The first-order chi connectivity index (χ1) is 12.7. The Labute approximate surface area is 159 Å². The van der Waals surface area contributed by atoms with Crippen LogP contribution in [0.5, 0.6) is 5.75 Å². The van der Waals surface area contributed by atoms with Crippen LogP contribution >= 0.6 is 11.3 Å². The summed E-state index contributed by atoms with van der Waals surface area (Å²) >= 11 is 1.79. The number of carbonyl (C=O) groups excluding carboxylic acids is 1. The first kappa shape index (κ1) is 18.9. The Morgan fingerprint density at radius 3 is 2.62 bits per heavy atom. The minimum absolute atomic E-state index is 0.0361. The summed E-state index contributed by atoms with van der Waals surface area (Å²) in [6, 6.07) is 12.6. The lowest BCUT2D eigenvalue weighted by atomic mass is 9.97. The summed E-state index contributed by atoms with van der Waals surface area (Å²) in [5.41, 5.74) is 1.31. The molecule has 0 radical (unpaired) electrons. The van der Waals surface area contributed by atoms with E-state index in [1.807, 2.05) is 6.92 Å². The van der Waals surface area contributed by atoms with Crippen LogP contribution < -0.4 is 4.74 Å². The van der Waals surface area contributed by atoms with Crippen molar-refractivity contribution < 1.29 is 14.3 Å². The molecule has 1 aliphatic rings. The van der Waals surface area contributed by atoms with E-state index in [2.05, 4.69) is 46.7 Å². The van der Waals surface area contributed by atoms with Crippen molar-refractivity contribution in [2.24, 2.45) is 5.92 Å². The molecule has 5 heteroatoms. The van der Waals surface area contributed by atoms with Crippen molar-refractivity contribution >= 4 is 17.3 Å². The zero-order chi connectivity index (χ0) is 18.2. The van der Waals surface area contributed by atoms with E-state index in [1.165, 1.54) is 10.4 Å². The van der Waals surface area contributed by atoms with Gasteiger partial charge in [0.25, 0.3) is 0 Å². The van der Waals surface area contributed by atoms with Gasteiger partial charge in [-0.15, -0.1) is 11.3 Å². The van der Waals surface area contributed by atoms with Gasteiger partial charge in [0.15, 0.2) is 0 Å². The van der Waals surface area contributed by atoms with E-state index in [9.17, 15) is 4.79 Å². The van der Waals surface area contributed by atoms with Gasteiger partial charge >= 0.3 is 5.97 Å². The largest absolute Gasteiger partial charge is 0.492 e. The van der Waals surface area contributed by atoms with Gasteiger partial charge in [0, 0.05) is 17.8 Å². The summed E-state index contributed by atoms with van der Waals surface area (Å²) in [5.74, 6) is 0.954. The Morgan fingerprint density at radius 2 is 1.96 bits per heavy atom. The number of thiophene rings is 1. The summed E-state index contributed by atoms with van der Waals surface area (Å²) in [4.78, 5) is 15.5. The summed E-state index contributed by atoms with van der Waals surface area (Å²) in [6.07, 6.45) is 2.75. The lowest BCUT2D eigenvalue weighted by Gasteiger charge is -2.30. The third kappa shape index (κ3) is 5.58. The van der Waals surface area contributed by atoms with Crippen LogP contribution in [0.1, 0.15) is 30.2 Å². The lowest BCUT2D eigenvalue weighted by Crippen LogP contribution is -2.39. The number of hydrogen-bond donors (Lipinski definition) is 0. The molecule has 0 spiro atoms. The van der Waals surface area contributed by atoms with E-state index in [-0.39, 0.29) is 11.9 Å². The number of ether oxygens (including phenoxy) is 2. The van der Waals surface area contributed by atoms with Crippen molar-refractivity contribution in [2.75, 3.05) is 32.8 Å². The molecular weight excluding hydrogens is 346 g/mol. The fourth-order valence-corrected chi connectivity index (χ4v) is 4.00. The van der Waals surface area contributed by atoms with Gasteiger partial charge in [-0.2, -0.15) is 0 Å². The first-order valence-corrected chi connectivity index (χ1v) is 10.3. The third-order valence-corrected chi connectivity index (χ3v) is 5.64. The molecule has 0 bridgehead atoms. The van der Waals surface area contributed by atoms with Gasteiger partial charge in [-0.05, 0) is 62.0 Å². The zero-order valence-electron chi connectivity index (χ0n) is 15.4. The monoisotopic (exact) mass is 373 g/mol. The van der Waals surface area contributed by atoms with Crippen LogP contribution in [0.15, 0.2) is 41.8 Å². The van der Waals surface area contributed by atoms with Crippen LogP contribution in [-0.4, -0.2) is 43.7 Å². The maximum absolute atomic E-state index is 11.8. The van der Waals surface area contributed by atoms with Gasteiger partial charge < -0.3 is 9.47 Å². The maximum Gasteiger partial charge on any atom is 0.309 e. The molecule has 2 heterocycles. The van der Waals surface area contributed by atoms with Crippen LogP contribution in [0.25, 0.3) is 0 Å². The summed E-state index contributed by atoms with van der Waals surface area (Å²) in [5, 5.41) is 2.11. The summed E-state index contributed by atoms with van der Waals surface area (Å²) < 4.78 is 11.0. The van der Waals surface area contributed by atoms with Crippen molar-refractivity contribution in [3.05, 3.63) is 52.2 Å². The van der Waals surface area contributed by atoms with Gasteiger partial charge in [-0.3, -0.25) is 9.69 Å². The van der Waals surface area contributed by atoms with Crippen LogP contribution in [0.4, 0.5) is 0 Å². The molecule has 0 saturated carbocycles. The van der Waals surface area contributed by atoms with E-state index in [4.69, 9.17) is 9.47 Å². The molecule has 3 rings (SSSR count). The Balaban J connectivity index is 1.35. The Bertz CT molecular complexity index is 661. The van der Waals surface area contributed by atoms with E-state index in [0.717, 1.165) is 44.6 Å².